The minimum absolute atomic E-state index is 0.797. The second kappa shape index (κ2) is 4.83. The lowest BCUT2D eigenvalue weighted by Gasteiger charge is -1.95. The molecule has 0 saturated carbocycles. The molecule has 0 radical (unpaired) electrons. The third-order valence-corrected chi connectivity index (χ3v) is 2.50. The van der Waals surface area contributed by atoms with E-state index in [-0.39, 0.29) is 0 Å². The molecule has 0 aromatic heterocycles. The first-order valence-electron chi connectivity index (χ1n) is 3.36. The molecule has 0 saturated heterocycles. The molecule has 11 heavy (non-hydrogen) atoms. The fourth-order valence-corrected chi connectivity index (χ4v) is 1.46. The third-order valence-electron chi connectivity index (χ3n) is 1.31. The molecule has 1 rings (SSSR count). The van der Waals surface area contributed by atoms with E-state index in [1.54, 1.807) is 0 Å². The molecule has 1 aromatic rings. The molecule has 0 N–H and O–H groups in total. The quantitative estimate of drug-likeness (QED) is 0.622. The van der Waals surface area contributed by atoms with Crippen molar-refractivity contribution >= 4 is 41.3 Å². The minimum atomic E-state index is 0.797. The molecule has 0 aliphatic heterocycles. The van der Waals surface area contributed by atoms with Crippen LogP contribution in [0.3, 0.4) is 0 Å². The van der Waals surface area contributed by atoms with Crippen molar-refractivity contribution in [2.75, 3.05) is 5.75 Å². The Morgan fingerprint density at radius 2 is 2.09 bits per heavy atom. The standard InChI is InChI=1S/C9H9IS/c10-9-6-2-1-4-8(9)5-3-7-11/h1-6,11H,7H2. The summed E-state index contributed by atoms with van der Waals surface area (Å²) in [5.74, 6) is 0.797. The Morgan fingerprint density at radius 1 is 1.36 bits per heavy atom. The molecule has 0 nitrogen and oxygen atoms in total. The maximum atomic E-state index is 4.10. The summed E-state index contributed by atoms with van der Waals surface area (Å²) in [5.41, 5.74) is 1.27. The third kappa shape index (κ3) is 2.87. The van der Waals surface area contributed by atoms with Crippen LogP contribution in [-0.2, 0) is 0 Å². The van der Waals surface area contributed by atoms with Gasteiger partial charge in [0.05, 0.1) is 0 Å². The fourth-order valence-electron chi connectivity index (χ4n) is 0.790. The van der Waals surface area contributed by atoms with Gasteiger partial charge < -0.3 is 0 Å². The number of hydrogen-bond donors (Lipinski definition) is 1. The molecule has 0 atom stereocenters. The molecular formula is C9H9IS. The molecule has 0 aliphatic carbocycles. The zero-order valence-electron chi connectivity index (χ0n) is 6.00. The van der Waals surface area contributed by atoms with Crippen LogP contribution in [0.25, 0.3) is 6.08 Å². The van der Waals surface area contributed by atoms with Gasteiger partial charge >= 0.3 is 0 Å². The van der Waals surface area contributed by atoms with Crippen LogP contribution in [-0.4, -0.2) is 5.75 Å². The summed E-state index contributed by atoms with van der Waals surface area (Å²) in [6.07, 6.45) is 4.13. The number of halogens is 1. The second-order valence-electron chi connectivity index (χ2n) is 2.11. The van der Waals surface area contributed by atoms with Crippen LogP contribution in [0, 0.1) is 3.57 Å². The van der Waals surface area contributed by atoms with E-state index in [9.17, 15) is 0 Å². The molecule has 0 fully saturated rings. The van der Waals surface area contributed by atoms with Crippen molar-refractivity contribution in [3.8, 4) is 0 Å². The highest BCUT2D eigenvalue weighted by atomic mass is 127. The molecule has 0 unspecified atom stereocenters. The number of thiol groups is 1. The van der Waals surface area contributed by atoms with Crippen LogP contribution in [0.5, 0.6) is 0 Å². The van der Waals surface area contributed by atoms with Crippen molar-refractivity contribution < 1.29 is 0 Å². The first-order chi connectivity index (χ1) is 5.34. The lowest BCUT2D eigenvalue weighted by Crippen LogP contribution is -1.76. The van der Waals surface area contributed by atoms with E-state index in [2.05, 4.69) is 53.4 Å². The predicted molar refractivity (Wildman–Crippen MR) is 62.0 cm³/mol. The highest BCUT2D eigenvalue weighted by Gasteiger charge is 1.90. The Kier molecular flexibility index (Phi) is 4.01. The van der Waals surface area contributed by atoms with Crippen LogP contribution >= 0.6 is 35.2 Å². The van der Waals surface area contributed by atoms with Gasteiger partial charge in [-0.05, 0) is 34.2 Å². The van der Waals surface area contributed by atoms with Gasteiger partial charge in [-0.15, -0.1) is 0 Å². The van der Waals surface area contributed by atoms with E-state index in [1.807, 2.05) is 18.2 Å². The van der Waals surface area contributed by atoms with Crippen LogP contribution in [0.15, 0.2) is 30.3 Å². The van der Waals surface area contributed by atoms with Gasteiger partial charge in [0.1, 0.15) is 0 Å². The average molecular weight is 276 g/mol. The summed E-state index contributed by atoms with van der Waals surface area (Å²) in [5, 5.41) is 0. The maximum absolute atomic E-state index is 4.10. The van der Waals surface area contributed by atoms with Crippen molar-refractivity contribution in [2.45, 2.75) is 0 Å². The van der Waals surface area contributed by atoms with E-state index in [1.165, 1.54) is 9.13 Å². The average Bonchev–Trinajstić information content (AvgIpc) is 2.03. The van der Waals surface area contributed by atoms with Crippen molar-refractivity contribution in [2.24, 2.45) is 0 Å². The van der Waals surface area contributed by atoms with E-state index < -0.39 is 0 Å². The predicted octanol–water partition coefficient (Wildman–Crippen LogP) is 3.23. The Labute approximate surface area is 86.3 Å². The molecule has 0 bridgehead atoms. The normalized spacial score (nSPS) is 10.7. The summed E-state index contributed by atoms with van der Waals surface area (Å²) >= 11 is 6.42. The molecule has 1 aromatic carbocycles. The van der Waals surface area contributed by atoms with Crippen molar-refractivity contribution in [3.05, 3.63) is 39.5 Å². The summed E-state index contributed by atoms with van der Waals surface area (Å²) in [6.45, 7) is 0. The Balaban J connectivity index is 2.86. The van der Waals surface area contributed by atoms with Gasteiger partial charge in [-0.1, -0.05) is 30.4 Å². The van der Waals surface area contributed by atoms with Crippen molar-refractivity contribution in [1.29, 1.82) is 0 Å². The molecule has 0 heterocycles. The van der Waals surface area contributed by atoms with E-state index in [0.29, 0.717) is 0 Å². The minimum Gasteiger partial charge on any atom is -0.175 e. The summed E-state index contributed by atoms with van der Waals surface area (Å²) in [4.78, 5) is 0. The molecular weight excluding hydrogens is 267 g/mol. The smallest absolute Gasteiger partial charge is 0.0202 e. The monoisotopic (exact) mass is 276 g/mol. The van der Waals surface area contributed by atoms with Crippen LogP contribution in [0.4, 0.5) is 0 Å². The van der Waals surface area contributed by atoms with Gasteiger partial charge in [0.25, 0.3) is 0 Å². The second-order valence-corrected chi connectivity index (χ2v) is 3.63. The lowest BCUT2D eigenvalue weighted by atomic mass is 10.2. The van der Waals surface area contributed by atoms with E-state index in [4.69, 9.17) is 0 Å². The largest absolute Gasteiger partial charge is 0.175 e. The molecule has 0 spiro atoms. The number of rotatable bonds is 2. The number of hydrogen-bond acceptors (Lipinski definition) is 1. The van der Waals surface area contributed by atoms with E-state index in [0.717, 1.165) is 5.75 Å². The highest BCUT2D eigenvalue weighted by molar-refractivity contribution is 14.1. The Bertz CT molecular complexity index is 255. The van der Waals surface area contributed by atoms with Gasteiger partial charge in [0, 0.05) is 9.32 Å². The van der Waals surface area contributed by atoms with Gasteiger partial charge in [-0.25, -0.2) is 0 Å². The lowest BCUT2D eigenvalue weighted by molar-refractivity contribution is 1.59. The van der Waals surface area contributed by atoms with Crippen molar-refractivity contribution in [1.82, 2.24) is 0 Å². The zero-order chi connectivity index (χ0) is 8.10. The fraction of sp³-hybridized carbons (Fsp3) is 0.111. The van der Waals surface area contributed by atoms with Gasteiger partial charge in [-0.2, -0.15) is 12.6 Å². The first-order valence-corrected chi connectivity index (χ1v) is 5.07. The SMILES string of the molecule is SCC=Cc1ccccc1I. The van der Waals surface area contributed by atoms with Crippen LogP contribution < -0.4 is 0 Å². The van der Waals surface area contributed by atoms with Gasteiger partial charge in [-0.3, -0.25) is 0 Å². The molecule has 58 valence electrons. The maximum Gasteiger partial charge on any atom is 0.0202 e. The Morgan fingerprint density at radius 3 is 2.73 bits per heavy atom. The molecule has 0 amide bonds. The summed E-state index contributed by atoms with van der Waals surface area (Å²) in [7, 11) is 0. The van der Waals surface area contributed by atoms with Crippen LogP contribution in [0.2, 0.25) is 0 Å². The van der Waals surface area contributed by atoms with Crippen molar-refractivity contribution in [3.63, 3.8) is 0 Å². The zero-order valence-corrected chi connectivity index (χ0v) is 9.05. The highest BCUT2D eigenvalue weighted by Crippen LogP contribution is 2.12. The topological polar surface area (TPSA) is 0 Å². The molecule has 2 heteroatoms. The first kappa shape index (κ1) is 9.13. The Hall–Kier alpha value is 0.0400. The van der Waals surface area contributed by atoms with Gasteiger partial charge in [0.2, 0.25) is 0 Å². The van der Waals surface area contributed by atoms with E-state index >= 15 is 0 Å². The number of benzene rings is 1. The molecule has 0 aliphatic rings. The van der Waals surface area contributed by atoms with Crippen LogP contribution in [0.1, 0.15) is 5.56 Å². The summed E-state index contributed by atoms with van der Waals surface area (Å²) in [6, 6.07) is 8.28. The van der Waals surface area contributed by atoms with Gasteiger partial charge in [0.15, 0.2) is 0 Å². The summed E-state index contributed by atoms with van der Waals surface area (Å²) < 4.78 is 1.28.